The second kappa shape index (κ2) is 21.0. The molecule has 4 saturated heterocycles. The smallest absolute Gasteiger partial charge is 0.319 e. The highest BCUT2D eigenvalue weighted by Gasteiger charge is 2.52. The summed E-state index contributed by atoms with van der Waals surface area (Å²) in [4.78, 5) is 48.6. The van der Waals surface area contributed by atoms with E-state index in [2.05, 4.69) is 47.1 Å². The Morgan fingerprint density at radius 3 is 2.43 bits per heavy atom. The van der Waals surface area contributed by atoms with E-state index in [0.29, 0.717) is 51.2 Å². The fourth-order valence-electron chi connectivity index (χ4n) is 13.5. The van der Waals surface area contributed by atoms with Crippen molar-refractivity contribution in [2.75, 3.05) is 37.7 Å². The first kappa shape index (κ1) is 53.6. The van der Waals surface area contributed by atoms with E-state index < -0.39 is 36.2 Å². The number of aromatic nitrogens is 8. The molecule has 6 fully saturated rings. The molecule has 2 aliphatic carbocycles. The first-order chi connectivity index (χ1) is 40.2. The van der Waals surface area contributed by atoms with Gasteiger partial charge in [-0.3, -0.25) is 14.7 Å². The number of rotatable bonds is 17. The maximum Gasteiger partial charge on any atom is 0.319 e. The molecule has 0 unspecified atom stereocenters. The number of nitrogens with zero attached hydrogens (tertiary/aromatic N) is 9. The van der Waals surface area contributed by atoms with Gasteiger partial charge in [0.2, 0.25) is 11.8 Å². The Morgan fingerprint density at radius 1 is 0.976 bits per heavy atom. The number of H-pyrrole nitrogens is 1. The van der Waals surface area contributed by atoms with Gasteiger partial charge in [0.05, 0.1) is 65.5 Å². The van der Waals surface area contributed by atoms with Gasteiger partial charge in [-0.25, -0.2) is 14.1 Å². The molecule has 4 aliphatic heterocycles. The van der Waals surface area contributed by atoms with Crippen LogP contribution in [0.3, 0.4) is 0 Å². The number of anilines is 1. The Labute approximate surface area is 483 Å². The summed E-state index contributed by atoms with van der Waals surface area (Å²) in [6.45, 7) is 12.5. The number of benzene rings is 4. The van der Waals surface area contributed by atoms with Gasteiger partial charge in [0.1, 0.15) is 47.6 Å². The van der Waals surface area contributed by atoms with Gasteiger partial charge in [0, 0.05) is 71.0 Å². The molecule has 14 rings (SSSR count). The molecule has 21 heteroatoms. The molecule has 4 aromatic heterocycles. The lowest BCUT2D eigenvalue weighted by Gasteiger charge is -2.52. The lowest BCUT2D eigenvalue weighted by atomic mass is 9.65. The fourth-order valence-corrected chi connectivity index (χ4v) is 14.3. The van der Waals surface area contributed by atoms with Crippen LogP contribution in [0, 0.1) is 31.0 Å². The fraction of sp³-hybridized carbons (Fsp3) is 0.452. The number of nitrogens with one attached hydrogen (secondary N) is 3. The molecule has 7 atom stereocenters. The highest BCUT2D eigenvalue weighted by atomic mass is 32.1. The summed E-state index contributed by atoms with van der Waals surface area (Å²) in [5.41, 5.74) is 11.0. The van der Waals surface area contributed by atoms with Crippen molar-refractivity contribution in [3.8, 4) is 44.6 Å². The number of thiazole rings is 1. The van der Waals surface area contributed by atoms with E-state index in [4.69, 9.17) is 24.2 Å². The monoisotopic (exact) mass is 1140 g/mol. The summed E-state index contributed by atoms with van der Waals surface area (Å²) in [7, 11) is 0. The number of ether oxygens (including phenoxy) is 3. The largest absolute Gasteiger partial charge is 0.486 e. The number of hydrogen-bond acceptors (Lipinski definition) is 16. The first-order valence-corrected chi connectivity index (χ1v) is 29.9. The van der Waals surface area contributed by atoms with Crippen molar-refractivity contribution < 1.29 is 38.4 Å². The number of piperazine rings is 1. The highest BCUT2D eigenvalue weighted by Crippen LogP contribution is 2.54. The van der Waals surface area contributed by atoms with Gasteiger partial charge in [-0.1, -0.05) is 67.6 Å². The Kier molecular flexibility index (Phi) is 13.6. The molecule has 430 valence electrons. The number of carbonyl (C=O) groups excluding carboxylic acids is 2. The number of aliphatic hydroxyl groups is 2. The Balaban J connectivity index is 0.747. The van der Waals surface area contributed by atoms with Crippen LogP contribution in [-0.4, -0.2) is 136 Å². The van der Waals surface area contributed by atoms with Gasteiger partial charge < -0.3 is 44.9 Å². The molecule has 8 heterocycles. The van der Waals surface area contributed by atoms with Crippen LogP contribution in [0.5, 0.6) is 11.8 Å². The minimum Gasteiger partial charge on any atom is -0.486 e. The molecule has 2 amide bonds. The van der Waals surface area contributed by atoms with Crippen LogP contribution < -0.4 is 25.0 Å². The predicted molar refractivity (Wildman–Crippen MR) is 310 cm³/mol. The van der Waals surface area contributed by atoms with Crippen molar-refractivity contribution in [3.63, 3.8) is 0 Å². The third-order valence-electron chi connectivity index (χ3n) is 18.1. The van der Waals surface area contributed by atoms with Crippen molar-refractivity contribution >= 4 is 50.8 Å². The van der Waals surface area contributed by atoms with Crippen LogP contribution in [0.25, 0.3) is 54.6 Å². The molecule has 1 spiro atoms. The number of aliphatic hydroxyl groups excluding tert-OH is 2. The van der Waals surface area contributed by atoms with Gasteiger partial charge in [0.25, 0.3) is 0 Å². The molecule has 83 heavy (non-hydrogen) atoms. The number of aryl methyl sites for hydroxylation is 1. The SMILES string of the molecule is Cc1ncsc1-c1ccc([C@@H](NC(=O)[C@@H]2C[C@@H](O)CN2C(=O)[C@H](C(C)C)n2cc(-c3ccc(COc4c(-c5c(C)c(F)cc6[nH]ncc56)c(C5CC5)cc5c(N6C[C@@H]7C[C@H]6CN7)nc(OC6CC7(COC7)C6)nc45)cc3)nn2)[C@@H](C)O)cc1. The zero-order chi connectivity index (χ0) is 57.0. The summed E-state index contributed by atoms with van der Waals surface area (Å²) >= 11 is 1.54. The average molecular weight is 1140 g/mol. The van der Waals surface area contributed by atoms with Gasteiger partial charge in [-0.05, 0) is 105 Å². The topological polar surface area (TPSA) is 231 Å². The van der Waals surface area contributed by atoms with E-state index in [1.54, 1.807) is 36.2 Å². The number of carbonyl (C=O) groups is 2. The number of hydrogen-bond donors (Lipinski definition) is 5. The summed E-state index contributed by atoms with van der Waals surface area (Å²) < 4.78 is 37.2. The molecule has 4 aromatic carbocycles. The van der Waals surface area contributed by atoms with Crippen LogP contribution in [0.15, 0.2) is 78.6 Å². The van der Waals surface area contributed by atoms with E-state index >= 15 is 4.39 Å². The number of likely N-dealkylation sites (tertiary alicyclic amines) is 1. The summed E-state index contributed by atoms with van der Waals surface area (Å²) in [6, 6.07) is 17.5. The molecule has 5 N–H and O–H groups in total. The second-order valence-electron chi connectivity index (χ2n) is 24.4. The lowest BCUT2D eigenvalue weighted by Crippen LogP contribution is -2.56. The third kappa shape index (κ3) is 9.76. The Bertz CT molecular complexity index is 3790. The van der Waals surface area contributed by atoms with E-state index in [1.807, 2.05) is 76.2 Å². The summed E-state index contributed by atoms with van der Waals surface area (Å²) in [6.07, 6.45) is 6.36. The number of amides is 2. The van der Waals surface area contributed by atoms with Crippen molar-refractivity contribution in [1.29, 1.82) is 0 Å². The average Bonchev–Trinajstić information content (AvgIpc) is 2.22. The molecule has 8 aromatic rings. The predicted octanol–water partition coefficient (Wildman–Crippen LogP) is 8.27. The van der Waals surface area contributed by atoms with Crippen molar-refractivity contribution in [3.05, 3.63) is 112 Å². The number of fused-ring (bicyclic) bond motifs is 4. The van der Waals surface area contributed by atoms with Crippen LogP contribution in [-0.2, 0) is 20.9 Å². The molecule has 2 bridgehead atoms. The molecule has 2 saturated carbocycles. The zero-order valence-corrected chi connectivity index (χ0v) is 47.8. The second-order valence-corrected chi connectivity index (χ2v) is 25.3. The zero-order valence-electron chi connectivity index (χ0n) is 47.0. The molecule has 0 radical (unpaired) electrons. The maximum absolute atomic E-state index is 16.2. The minimum atomic E-state index is -0.989. The highest BCUT2D eigenvalue weighted by molar-refractivity contribution is 7.13. The van der Waals surface area contributed by atoms with Gasteiger partial charge >= 0.3 is 6.01 Å². The molecular formula is C62H67FN12O7S. The van der Waals surface area contributed by atoms with E-state index in [-0.39, 0.29) is 60.7 Å². The quantitative estimate of drug-likeness (QED) is 0.0578. The van der Waals surface area contributed by atoms with E-state index in [0.717, 1.165) is 113 Å². The van der Waals surface area contributed by atoms with Crippen LogP contribution in [0.2, 0.25) is 0 Å². The summed E-state index contributed by atoms with van der Waals surface area (Å²) in [5.74, 6) is 0.110. The van der Waals surface area contributed by atoms with Crippen molar-refractivity contribution in [2.45, 2.75) is 134 Å². The Hall–Kier alpha value is -7.43. The number of β-amino-alcohol motifs (C(OH)–C–C–N with tert-alkyl or cyclic N) is 1. The standard InChI is InChI=1S/C62H67FN12O7S/c1-31(2)55(60(79)74-25-42(77)17-50(74)59(78)67-53(34(5)76)38-12-14-39(15-13-38)57-33(4)65-30-83-57)75-26-49(71-72-75)37-8-6-35(7-9-37)27-81-56-52(51-32(3)47(63)19-48-46(51)23-66-70-48)44(36-10-11-36)18-45-54(56)68-61(82-43-20-62(21-43)28-80-29-62)69-58(45)73-24-40-16-41(73)22-64-40/h6-9,12-15,18-19,23,26,30-31,34,36,40-43,50,53,55,64,76-77H,10-11,16-17,20-22,24-25,27-29H2,1-5H3,(H,66,70)(H,67,78)/t34-,40+,41+,42-,50+,53+,55+/m1/s1. The van der Waals surface area contributed by atoms with Crippen LogP contribution in [0.1, 0.15) is 105 Å². The van der Waals surface area contributed by atoms with E-state index in [1.165, 1.54) is 15.6 Å². The van der Waals surface area contributed by atoms with Crippen molar-refractivity contribution in [1.82, 2.24) is 55.7 Å². The third-order valence-corrected chi connectivity index (χ3v) is 19.1. The summed E-state index contributed by atoms with van der Waals surface area (Å²) in [5, 5.41) is 46.6. The number of aromatic amines is 1. The molecule has 6 aliphatic rings. The van der Waals surface area contributed by atoms with Gasteiger partial charge in [-0.15, -0.1) is 16.4 Å². The Morgan fingerprint density at radius 2 is 1.76 bits per heavy atom. The maximum atomic E-state index is 16.2. The number of halogens is 1. The molecule has 19 nitrogen and oxygen atoms in total. The van der Waals surface area contributed by atoms with Crippen LogP contribution >= 0.6 is 11.3 Å². The lowest BCUT2D eigenvalue weighted by molar-refractivity contribution is -0.192. The molecular weight excluding hydrogens is 1080 g/mol. The normalized spacial score (nSPS) is 22.1. The van der Waals surface area contributed by atoms with Gasteiger partial charge in [0.15, 0.2) is 5.75 Å². The van der Waals surface area contributed by atoms with E-state index in [9.17, 15) is 19.8 Å². The minimum absolute atomic E-state index is 0.0392. The van der Waals surface area contributed by atoms with Crippen molar-refractivity contribution in [2.24, 2.45) is 11.3 Å². The van der Waals surface area contributed by atoms with Gasteiger partial charge in [-0.2, -0.15) is 15.1 Å². The van der Waals surface area contributed by atoms with Crippen LogP contribution in [0.4, 0.5) is 10.2 Å². The first-order valence-electron chi connectivity index (χ1n) is 29.0.